The van der Waals surface area contributed by atoms with Crippen LogP contribution in [0.2, 0.25) is 5.02 Å². The van der Waals surface area contributed by atoms with Crippen LogP contribution in [0.1, 0.15) is 18.5 Å². The van der Waals surface area contributed by atoms with Crippen LogP contribution in [0.25, 0.3) is 11.0 Å². The molecule has 3 aromatic rings. The highest BCUT2D eigenvalue weighted by Crippen LogP contribution is 2.27. The fourth-order valence-electron chi connectivity index (χ4n) is 2.24. The summed E-state index contributed by atoms with van der Waals surface area (Å²) in [5.74, 6) is -0.348. The lowest BCUT2D eigenvalue weighted by Crippen LogP contribution is -2.07. The van der Waals surface area contributed by atoms with Gasteiger partial charge in [-0.15, -0.1) is 0 Å². The minimum absolute atomic E-state index is 0.0906. The van der Waals surface area contributed by atoms with Crippen molar-refractivity contribution < 1.29 is 4.39 Å². The zero-order valence-electron chi connectivity index (χ0n) is 11.2. The highest BCUT2D eigenvalue weighted by atomic mass is 35.5. The molecule has 1 atom stereocenters. The lowest BCUT2D eigenvalue weighted by molar-refractivity contribution is 0.628. The smallest absolute Gasteiger partial charge is 0.323 e. The quantitative estimate of drug-likeness (QED) is 0.689. The summed E-state index contributed by atoms with van der Waals surface area (Å²) in [5.41, 5.74) is 2.73. The molecule has 3 N–H and O–H groups in total. The second kappa shape index (κ2) is 5.26. The third-order valence-electron chi connectivity index (χ3n) is 3.34. The highest BCUT2D eigenvalue weighted by Gasteiger charge is 2.10. The molecule has 0 saturated carbocycles. The van der Waals surface area contributed by atoms with Gasteiger partial charge in [-0.05, 0) is 42.8 Å². The van der Waals surface area contributed by atoms with Crippen molar-refractivity contribution in [3.8, 4) is 0 Å². The number of aromatic amines is 2. The number of aromatic nitrogens is 2. The van der Waals surface area contributed by atoms with Gasteiger partial charge in [-0.2, -0.15) is 0 Å². The van der Waals surface area contributed by atoms with E-state index in [0.29, 0.717) is 10.7 Å². The number of rotatable bonds is 3. The molecule has 0 amide bonds. The first kappa shape index (κ1) is 13.7. The molecule has 1 unspecified atom stereocenters. The predicted octanol–water partition coefficient (Wildman–Crippen LogP) is 3.82. The summed E-state index contributed by atoms with van der Waals surface area (Å²) in [6.45, 7) is 1.94. The van der Waals surface area contributed by atoms with Crippen molar-refractivity contribution in [1.82, 2.24) is 9.97 Å². The largest absolute Gasteiger partial charge is 0.377 e. The Balaban J connectivity index is 1.90. The normalized spacial score (nSPS) is 12.5. The van der Waals surface area contributed by atoms with Crippen LogP contribution in [-0.4, -0.2) is 9.97 Å². The number of hydrogen-bond acceptors (Lipinski definition) is 2. The molecule has 1 heterocycles. The molecule has 0 radical (unpaired) electrons. The number of imidazole rings is 1. The molecule has 0 spiro atoms. The summed E-state index contributed by atoms with van der Waals surface area (Å²) in [5, 5.41) is 3.62. The first-order valence-electron chi connectivity index (χ1n) is 6.46. The molecular formula is C15H13ClFN3O. The lowest BCUT2D eigenvalue weighted by atomic mass is 10.1. The number of H-pyrrole nitrogens is 2. The summed E-state index contributed by atoms with van der Waals surface area (Å²) in [6.07, 6.45) is 0. The summed E-state index contributed by atoms with van der Waals surface area (Å²) >= 11 is 6.04. The van der Waals surface area contributed by atoms with E-state index in [2.05, 4.69) is 15.3 Å². The van der Waals surface area contributed by atoms with Gasteiger partial charge >= 0.3 is 5.69 Å². The first-order chi connectivity index (χ1) is 10.0. The summed E-state index contributed by atoms with van der Waals surface area (Å²) in [6, 6.07) is 9.69. The van der Waals surface area contributed by atoms with Crippen LogP contribution in [0.4, 0.5) is 10.1 Å². The standard InChI is InChI=1S/C15H13ClFN3O/c1-8(18-13-7-10(17)3-4-11(13)16)9-2-5-12-14(6-9)20-15(21)19-12/h2-8,18H,1H3,(H2,19,20,21). The monoisotopic (exact) mass is 305 g/mol. The maximum Gasteiger partial charge on any atom is 0.323 e. The number of fused-ring (bicyclic) bond motifs is 1. The average molecular weight is 306 g/mol. The van der Waals surface area contributed by atoms with Crippen molar-refractivity contribution >= 4 is 28.3 Å². The molecule has 108 valence electrons. The zero-order chi connectivity index (χ0) is 15.0. The Labute approximate surface area is 125 Å². The van der Waals surface area contributed by atoms with Gasteiger partial charge in [-0.3, -0.25) is 0 Å². The van der Waals surface area contributed by atoms with E-state index in [1.54, 1.807) is 0 Å². The molecule has 0 aliphatic heterocycles. The third kappa shape index (κ3) is 2.78. The van der Waals surface area contributed by atoms with E-state index in [4.69, 9.17) is 11.6 Å². The van der Waals surface area contributed by atoms with Gasteiger partial charge in [0.25, 0.3) is 0 Å². The molecule has 3 rings (SSSR count). The molecule has 0 fully saturated rings. The van der Waals surface area contributed by atoms with Crippen LogP contribution in [0.15, 0.2) is 41.2 Å². The third-order valence-corrected chi connectivity index (χ3v) is 3.67. The highest BCUT2D eigenvalue weighted by molar-refractivity contribution is 6.33. The summed E-state index contributed by atoms with van der Waals surface area (Å²) in [4.78, 5) is 16.7. The fraction of sp³-hybridized carbons (Fsp3) is 0.133. The van der Waals surface area contributed by atoms with Gasteiger partial charge in [0.2, 0.25) is 0 Å². The van der Waals surface area contributed by atoms with Crippen molar-refractivity contribution in [2.75, 3.05) is 5.32 Å². The van der Waals surface area contributed by atoms with Crippen molar-refractivity contribution in [3.63, 3.8) is 0 Å². The molecular weight excluding hydrogens is 293 g/mol. The molecule has 6 heteroatoms. The van der Waals surface area contributed by atoms with E-state index in [9.17, 15) is 9.18 Å². The Morgan fingerprint density at radius 3 is 2.71 bits per heavy atom. The SMILES string of the molecule is CC(Nc1cc(F)ccc1Cl)c1ccc2[nH]c(=O)[nH]c2c1. The molecule has 0 saturated heterocycles. The summed E-state index contributed by atoms with van der Waals surface area (Å²) in [7, 11) is 0. The van der Waals surface area contributed by atoms with E-state index in [0.717, 1.165) is 16.6 Å². The average Bonchev–Trinajstić information content (AvgIpc) is 2.81. The van der Waals surface area contributed by atoms with E-state index < -0.39 is 0 Å². The molecule has 2 aromatic carbocycles. The van der Waals surface area contributed by atoms with Gasteiger partial charge in [-0.25, -0.2) is 9.18 Å². The van der Waals surface area contributed by atoms with Gasteiger partial charge in [0, 0.05) is 6.04 Å². The molecule has 21 heavy (non-hydrogen) atoms. The van der Waals surface area contributed by atoms with E-state index in [1.807, 2.05) is 25.1 Å². The van der Waals surface area contributed by atoms with Gasteiger partial charge in [0.1, 0.15) is 5.82 Å². The second-order valence-electron chi connectivity index (χ2n) is 4.87. The van der Waals surface area contributed by atoms with E-state index in [-0.39, 0.29) is 17.5 Å². The van der Waals surface area contributed by atoms with Crippen LogP contribution in [0.5, 0.6) is 0 Å². The Morgan fingerprint density at radius 1 is 1.14 bits per heavy atom. The maximum atomic E-state index is 13.3. The van der Waals surface area contributed by atoms with Gasteiger partial charge in [-0.1, -0.05) is 17.7 Å². The van der Waals surface area contributed by atoms with Crippen LogP contribution < -0.4 is 11.0 Å². The first-order valence-corrected chi connectivity index (χ1v) is 6.84. The Kier molecular flexibility index (Phi) is 3.43. The van der Waals surface area contributed by atoms with Crippen molar-refractivity contribution in [2.45, 2.75) is 13.0 Å². The minimum Gasteiger partial charge on any atom is -0.377 e. The zero-order valence-corrected chi connectivity index (χ0v) is 12.0. The molecule has 1 aromatic heterocycles. The van der Waals surface area contributed by atoms with E-state index >= 15 is 0 Å². The number of hydrogen-bond donors (Lipinski definition) is 3. The Morgan fingerprint density at radius 2 is 1.90 bits per heavy atom. The van der Waals surface area contributed by atoms with Crippen LogP contribution in [0.3, 0.4) is 0 Å². The molecule has 4 nitrogen and oxygen atoms in total. The van der Waals surface area contributed by atoms with Crippen molar-refractivity contribution in [1.29, 1.82) is 0 Å². The Bertz CT molecular complexity index is 855. The van der Waals surface area contributed by atoms with Gasteiger partial charge < -0.3 is 15.3 Å². The Hall–Kier alpha value is -2.27. The molecule has 0 aliphatic rings. The minimum atomic E-state index is -0.348. The van der Waals surface area contributed by atoms with Crippen LogP contribution in [-0.2, 0) is 0 Å². The topological polar surface area (TPSA) is 60.7 Å². The van der Waals surface area contributed by atoms with Crippen LogP contribution >= 0.6 is 11.6 Å². The van der Waals surface area contributed by atoms with Crippen LogP contribution in [0, 0.1) is 5.82 Å². The second-order valence-corrected chi connectivity index (χ2v) is 5.28. The molecule has 0 bridgehead atoms. The number of halogens is 2. The van der Waals surface area contributed by atoms with Crippen molar-refractivity contribution in [2.24, 2.45) is 0 Å². The maximum absolute atomic E-state index is 13.3. The van der Waals surface area contributed by atoms with E-state index in [1.165, 1.54) is 18.2 Å². The summed E-state index contributed by atoms with van der Waals surface area (Å²) < 4.78 is 13.3. The van der Waals surface area contributed by atoms with Crippen molar-refractivity contribution in [3.05, 3.63) is 63.3 Å². The number of benzene rings is 2. The lowest BCUT2D eigenvalue weighted by Gasteiger charge is -2.17. The van der Waals surface area contributed by atoms with Gasteiger partial charge in [0.15, 0.2) is 0 Å². The molecule has 0 aliphatic carbocycles. The number of anilines is 1. The number of nitrogens with one attached hydrogen (secondary N) is 3. The predicted molar refractivity (Wildman–Crippen MR) is 82.4 cm³/mol. The van der Waals surface area contributed by atoms with Gasteiger partial charge in [0.05, 0.1) is 21.7 Å². The fourth-order valence-corrected chi connectivity index (χ4v) is 2.42.